The van der Waals surface area contributed by atoms with E-state index in [-0.39, 0.29) is 6.03 Å². The lowest BCUT2D eigenvalue weighted by atomic mass is 10.1. The summed E-state index contributed by atoms with van der Waals surface area (Å²) in [6.45, 7) is 4.89. The van der Waals surface area contributed by atoms with Crippen molar-refractivity contribution in [3.05, 3.63) is 64.4 Å². The molecule has 2 amide bonds. The van der Waals surface area contributed by atoms with E-state index in [9.17, 15) is 4.79 Å². The molecule has 3 aromatic rings. The zero-order valence-electron chi connectivity index (χ0n) is 16.1. The van der Waals surface area contributed by atoms with Gasteiger partial charge in [0.1, 0.15) is 5.75 Å². The number of benzene rings is 2. The molecule has 0 bridgehead atoms. The van der Waals surface area contributed by atoms with Crippen molar-refractivity contribution < 1.29 is 9.53 Å². The van der Waals surface area contributed by atoms with Gasteiger partial charge in [-0.2, -0.15) is 11.3 Å². The number of hydrogen-bond acceptors (Lipinski definition) is 4. The first kappa shape index (κ1) is 18.8. The Morgan fingerprint density at radius 3 is 2.57 bits per heavy atom. The third-order valence-corrected chi connectivity index (χ3v) is 5.93. The zero-order chi connectivity index (χ0) is 19.3. The van der Waals surface area contributed by atoms with E-state index in [4.69, 9.17) is 4.74 Å². The quantitative estimate of drug-likeness (QED) is 0.712. The van der Waals surface area contributed by atoms with Crippen molar-refractivity contribution in [1.82, 2.24) is 15.1 Å². The van der Waals surface area contributed by atoms with Crippen LogP contribution in [-0.4, -0.2) is 49.1 Å². The van der Waals surface area contributed by atoms with Crippen LogP contribution in [0.4, 0.5) is 4.79 Å². The Bertz CT molecular complexity index is 934. The van der Waals surface area contributed by atoms with Gasteiger partial charge in [0, 0.05) is 39.3 Å². The van der Waals surface area contributed by atoms with Gasteiger partial charge in [0.2, 0.25) is 0 Å². The molecule has 6 heteroatoms. The van der Waals surface area contributed by atoms with Crippen LogP contribution in [0.15, 0.2) is 53.2 Å². The van der Waals surface area contributed by atoms with Crippen LogP contribution in [0.3, 0.4) is 0 Å². The number of rotatable bonds is 5. The molecule has 0 saturated carbocycles. The number of urea groups is 1. The number of hydrogen-bond donors (Lipinski definition) is 1. The second-order valence-corrected chi connectivity index (χ2v) is 7.88. The van der Waals surface area contributed by atoms with Crippen molar-refractivity contribution in [1.29, 1.82) is 0 Å². The summed E-state index contributed by atoms with van der Waals surface area (Å²) < 4.78 is 5.27. The number of carbonyl (C=O) groups excluding carboxylic acids is 1. The molecular weight excluding hydrogens is 370 g/mol. The van der Waals surface area contributed by atoms with Gasteiger partial charge in [-0.05, 0) is 56.9 Å². The SMILES string of the molecule is COc1ccc2cc(CNC(=O)N3CCN(Cc4ccsc4)CC3)ccc2c1. The fraction of sp³-hybridized carbons (Fsp3) is 0.318. The molecule has 1 aliphatic heterocycles. The first-order valence-corrected chi connectivity index (χ1v) is 10.5. The summed E-state index contributed by atoms with van der Waals surface area (Å²) in [5.74, 6) is 0.853. The average molecular weight is 396 g/mol. The Labute approximate surface area is 169 Å². The predicted molar refractivity (Wildman–Crippen MR) is 114 cm³/mol. The maximum absolute atomic E-state index is 12.5. The highest BCUT2D eigenvalue weighted by Crippen LogP contribution is 2.22. The van der Waals surface area contributed by atoms with Crippen molar-refractivity contribution in [3.8, 4) is 5.75 Å². The van der Waals surface area contributed by atoms with Crippen LogP contribution in [0.5, 0.6) is 5.75 Å². The number of ether oxygens (including phenoxy) is 1. The minimum absolute atomic E-state index is 0.0185. The highest BCUT2D eigenvalue weighted by molar-refractivity contribution is 7.07. The largest absolute Gasteiger partial charge is 0.497 e. The molecule has 0 aliphatic carbocycles. The molecule has 28 heavy (non-hydrogen) atoms. The smallest absolute Gasteiger partial charge is 0.317 e. The number of amides is 2. The van der Waals surface area contributed by atoms with E-state index in [2.05, 4.69) is 45.2 Å². The van der Waals surface area contributed by atoms with Gasteiger partial charge >= 0.3 is 6.03 Å². The molecule has 0 radical (unpaired) electrons. The molecule has 1 saturated heterocycles. The summed E-state index contributed by atoms with van der Waals surface area (Å²) in [5.41, 5.74) is 2.46. The highest BCUT2D eigenvalue weighted by atomic mass is 32.1. The second-order valence-electron chi connectivity index (χ2n) is 7.10. The van der Waals surface area contributed by atoms with Gasteiger partial charge < -0.3 is 15.0 Å². The van der Waals surface area contributed by atoms with Crippen LogP contribution in [0.1, 0.15) is 11.1 Å². The summed E-state index contributed by atoms with van der Waals surface area (Å²) in [6, 6.07) is 14.5. The first-order chi connectivity index (χ1) is 13.7. The molecule has 5 nitrogen and oxygen atoms in total. The van der Waals surface area contributed by atoms with E-state index in [1.807, 2.05) is 23.1 Å². The van der Waals surface area contributed by atoms with Crippen LogP contribution >= 0.6 is 11.3 Å². The van der Waals surface area contributed by atoms with Crippen LogP contribution < -0.4 is 10.1 Å². The van der Waals surface area contributed by atoms with E-state index in [0.717, 1.165) is 54.8 Å². The average Bonchev–Trinajstić information content (AvgIpc) is 3.25. The van der Waals surface area contributed by atoms with Gasteiger partial charge in [-0.3, -0.25) is 4.90 Å². The van der Waals surface area contributed by atoms with Crippen molar-refractivity contribution in [2.24, 2.45) is 0 Å². The van der Waals surface area contributed by atoms with Gasteiger partial charge in [-0.25, -0.2) is 4.79 Å². The summed E-state index contributed by atoms with van der Waals surface area (Å²) in [6.07, 6.45) is 0. The number of methoxy groups -OCH3 is 1. The summed E-state index contributed by atoms with van der Waals surface area (Å²) in [4.78, 5) is 16.8. The fourth-order valence-corrected chi connectivity index (χ4v) is 4.21. The Hall–Kier alpha value is -2.57. The van der Waals surface area contributed by atoms with Crippen LogP contribution in [-0.2, 0) is 13.1 Å². The van der Waals surface area contributed by atoms with Crippen molar-refractivity contribution >= 4 is 28.1 Å². The minimum atomic E-state index is 0.0185. The molecule has 1 N–H and O–H groups in total. The Kier molecular flexibility index (Phi) is 5.78. The molecule has 2 aromatic carbocycles. The van der Waals surface area contributed by atoms with Gasteiger partial charge in [0.05, 0.1) is 7.11 Å². The fourth-order valence-electron chi connectivity index (χ4n) is 3.55. The highest BCUT2D eigenvalue weighted by Gasteiger charge is 2.20. The Morgan fingerprint density at radius 1 is 1.04 bits per heavy atom. The van der Waals surface area contributed by atoms with E-state index in [0.29, 0.717) is 6.54 Å². The number of nitrogens with zero attached hydrogens (tertiary/aromatic N) is 2. The monoisotopic (exact) mass is 395 g/mol. The Morgan fingerprint density at radius 2 is 1.82 bits per heavy atom. The summed E-state index contributed by atoms with van der Waals surface area (Å²) in [5, 5.41) is 9.65. The third-order valence-electron chi connectivity index (χ3n) is 5.20. The van der Waals surface area contributed by atoms with E-state index in [1.165, 1.54) is 5.56 Å². The van der Waals surface area contributed by atoms with Crippen molar-refractivity contribution in [2.45, 2.75) is 13.1 Å². The lowest BCUT2D eigenvalue weighted by Gasteiger charge is -2.34. The van der Waals surface area contributed by atoms with Gasteiger partial charge in [0.15, 0.2) is 0 Å². The molecule has 0 unspecified atom stereocenters. The number of piperazine rings is 1. The van der Waals surface area contributed by atoms with Crippen molar-refractivity contribution in [3.63, 3.8) is 0 Å². The lowest BCUT2D eigenvalue weighted by molar-refractivity contribution is 0.135. The third kappa shape index (κ3) is 4.46. The normalized spacial score (nSPS) is 15.0. The zero-order valence-corrected chi connectivity index (χ0v) is 16.9. The molecule has 2 heterocycles. The molecule has 4 rings (SSSR count). The standard InChI is InChI=1S/C22H25N3O2S/c1-27-21-5-4-19-12-17(2-3-20(19)13-21)14-23-22(26)25-9-7-24(8-10-25)15-18-6-11-28-16-18/h2-6,11-13,16H,7-10,14-15H2,1H3,(H,23,26). The van der Waals surface area contributed by atoms with E-state index < -0.39 is 0 Å². The number of carbonyl (C=O) groups is 1. The molecule has 0 spiro atoms. The van der Waals surface area contributed by atoms with Crippen LogP contribution in [0.25, 0.3) is 10.8 Å². The predicted octanol–water partition coefficient (Wildman–Crippen LogP) is 3.94. The Balaban J connectivity index is 1.28. The lowest BCUT2D eigenvalue weighted by Crippen LogP contribution is -2.51. The number of fused-ring (bicyclic) bond motifs is 1. The van der Waals surface area contributed by atoms with Crippen LogP contribution in [0, 0.1) is 0 Å². The molecule has 146 valence electrons. The van der Waals surface area contributed by atoms with Crippen molar-refractivity contribution in [2.75, 3.05) is 33.3 Å². The minimum Gasteiger partial charge on any atom is -0.497 e. The molecular formula is C22H25N3O2S. The van der Waals surface area contributed by atoms with Gasteiger partial charge in [-0.15, -0.1) is 0 Å². The van der Waals surface area contributed by atoms with Gasteiger partial charge in [0.25, 0.3) is 0 Å². The number of nitrogens with one attached hydrogen (secondary N) is 1. The molecule has 1 fully saturated rings. The maximum Gasteiger partial charge on any atom is 0.317 e. The van der Waals surface area contributed by atoms with Gasteiger partial charge in [-0.1, -0.05) is 18.2 Å². The molecule has 0 atom stereocenters. The topological polar surface area (TPSA) is 44.8 Å². The summed E-state index contributed by atoms with van der Waals surface area (Å²) >= 11 is 1.73. The van der Waals surface area contributed by atoms with E-state index >= 15 is 0 Å². The number of thiophene rings is 1. The first-order valence-electron chi connectivity index (χ1n) is 9.54. The summed E-state index contributed by atoms with van der Waals surface area (Å²) in [7, 11) is 1.67. The molecule has 1 aromatic heterocycles. The van der Waals surface area contributed by atoms with Crippen LogP contribution in [0.2, 0.25) is 0 Å². The molecule has 1 aliphatic rings. The maximum atomic E-state index is 12.5. The van der Waals surface area contributed by atoms with E-state index in [1.54, 1.807) is 18.4 Å². The second kappa shape index (κ2) is 8.63.